The molecule has 1 aromatic carbocycles. The summed E-state index contributed by atoms with van der Waals surface area (Å²) in [5.74, 6) is 0.972. The number of rotatable bonds is 5. The molecule has 2 aromatic heterocycles. The van der Waals surface area contributed by atoms with Crippen molar-refractivity contribution in [2.24, 2.45) is 0 Å². The molecule has 0 saturated heterocycles. The third-order valence-corrected chi connectivity index (χ3v) is 4.67. The quantitative estimate of drug-likeness (QED) is 0.776. The van der Waals surface area contributed by atoms with Crippen LogP contribution in [0.1, 0.15) is 33.5 Å². The molecular formula is C20H20N2O3. The lowest BCUT2D eigenvalue weighted by molar-refractivity contribution is 0.0892. The third kappa shape index (κ3) is 3.37. The minimum absolute atomic E-state index is 0.0118. The first-order valence-corrected chi connectivity index (χ1v) is 8.47. The molecule has 0 spiro atoms. The van der Waals surface area contributed by atoms with Gasteiger partial charge in [0.25, 0.3) is 5.91 Å². The average molecular weight is 336 g/mol. The summed E-state index contributed by atoms with van der Waals surface area (Å²) in [4.78, 5) is 14.6. The normalized spacial score (nSPS) is 15.5. The lowest BCUT2D eigenvalue weighted by atomic mass is 9.98. The molecule has 25 heavy (non-hydrogen) atoms. The zero-order valence-corrected chi connectivity index (χ0v) is 13.9. The van der Waals surface area contributed by atoms with Gasteiger partial charge < -0.3 is 14.2 Å². The number of fused-ring (bicyclic) bond motifs is 1. The minimum atomic E-state index is -0.209. The van der Waals surface area contributed by atoms with E-state index in [2.05, 4.69) is 34.5 Å². The van der Waals surface area contributed by atoms with Crippen LogP contribution < -0.4 is 5.32 Å². The first-order chi connectivity index (χ1) is 12.3. The largest absolute Gasteiger partial charge is 0.468 e. The molecule has 0 aliphatic carbocycles. The Balaban J connectivity index is 1.50. The Bertz CT molecular complexity index is 825. The zero-order valence-electron chi connectivity index (χ0n) is 13.9. The van der Waals surface area contributed by atoms with Crippen LogP contribution in [0.4, 0.5) is 0 Å². The first kappa shape index (κ1) is 15.7. The van der Waals surface area contributed by atoms with Crippen LogP contribution in [0, 0.1) is 0 Å². The Morgan fingerprint density at radius 3 is 2.60 bits per heavy atom. The maximum absolute atomic E-state index is 12.2. The number of benzene rings is 1. The van der Waals surface area contributed by atoms with Gasteiger partial charge in [0, 0.05) is 19.6 Å². The molecule has 0 fully saturated rings. The maximum atomic E-state index is 12.2. The summed E-state index contributed by atoms with van der Waals surface area (Å²) in [5.41, 5.74) is 2.74. The molecule has 0 unspecified atom stereocenters. The van der Waals surface area contributed by atoms with E-state index in [1.54, 1.807) is 18.4 Å². The summed E-state index contributed by atoms with van der Waals surface area (Å²) in [6.45, 7) is 2.24. The van der Waals surface area contributed by atoms with E-state index in [1.165, 1.54) is 17.4 Å². The maximum Gasteiger partial charge on any atom is 0.287 e. The molecule has 3 aromatic rings. The van der Waals surface area contributed by atoms with E-state index in [-0.39, 0.29) is 11.9 Å². The predicted molar refractivity (Wildman–Crippen MR) is 93.0 cm³/mol. The second kappa shape index (κ2) is 6.99. The fourth-order valence-electron chi connectivity index (χ4n) is 3.36. The molecule has 1 atom stereocenters. The van der Waals surface area contributed by atoms with E-state index < -0.39 is 0 Å². The van der Waals surface area contributed by atoms with Crippen molar-refractivity contribution in [1.82, 2.24) is 10.2 Å². The van der Waals surface area contributed by atoms with E-state index in [1.807, 2.05) is 12.1 Å². The monoisotopic (exact) mass is 336 g/mol. The number of carbonyl (C=O) groups excluding carboxylic acids is 1. The second-order valence-electron chi connectivity index (χ2n) is 6.21. The number of nitrogens with zero attached hydrogens (tertiary/aromatic N) is 1. The number of nitrogens with one attached hydrogen (secondary N) is 1. The summed E-state index contributed by atoms with van der Waals surface area (Å²) in [6.07, 6.45) is 4.18. The Morgan fingerprint density at radius 1 is 1.04 bits per heavy atom. The van der Waals surface area contributed by atoms with Crippen molar-refractivity contribution in [1.29, 1.82) is 0 Å². The van der Waals surface area contributed by atoms with Gasteiger partial charge >= 0.3 is 0 Å². The predicted octanol–water partition coefficient (Wildman–Crippen LogP) is 3.40. The van der Waals surface area contributed by atoms with E-state index in [9.17, 15) is 4.79 Å². The highest BCUT2D eigenvalue weighted by atomic mass is 16.3. The molecule has 5 heteroatoms. The van der Waals surface area contributed by atoms with Crippen molar-refractivity contribution in [2.45, 2.75) is 19.0 Å². The smallest absolute Gasteiger partial charge is 0.287 e. The summed E-state index contributed by atoms with van der Waals surface area (Å²) < 4.78 is 10.8. The molecule has 0 bridgehead atoms. The highest BCUT2D eigenvalue weighted by Gasteiger charge is 2.27. The van der Waals surface area contributed by atoms with Gasteiger partial charge in [-0.3, -0.25) is 9.69 Å². The van der Waals surface area contributed by atoms with Crippen molar-refractivity contribution >= 4 is 5.91 Å². The van der Waals surface area contributed by atoms with Crippen molar-refractivity contribution in [2.75, 3.05) is 13.1 Å². The van der Waals surface area contributed by atoms with Gasteiger partial charge in [-0.1, -0.05) is 24.3 Å². The molecule has 1 amide bonds. The molecule has 128 valence electrons. The minimum Gasteiger partial charge on any atom is -0.468 e. The van der Waals surface area contributed by atoms with Gasteiger partial charge in [-0.15, -0.1) is 0 Å². The van der Waals surface area contributed by atoms with E-state index >= 15 is 0 Å². The fourth-order valence-corrected chi connectivity index (χ4v) is 3.36. The van der Waals surface area contributed by atoms with Crippen molar-refractivity contribution < 1.29 is 13.6 Å². The first-order valence-electron chi connectivity index (χ1n) is 8.47. The highest BCUT2D eigenvalue weighted by molar-refractivity contribution is 5.91. The lowest BCUT2D eigenvalue weighted by Gasteiger charge is -2.34. The van der Waals surface area contributed by atoms with Crippen LogP contribution in [-0.4, -0.2) is 23.9 Å². The number of amides is 1. The standard InChI is InChI=1S/C20H20N2O3/c23-20(19-8-4-12-25-19)21-13-17(18-7-3-11-24-18)22-10-9-15-5-1-2-6-16(15)14-22/h1-8,11-12,17H,9-10,13-14H2,(H,21,23)/t17-/m0/s1. The summed E-state index contributed by atoms with van der Waals surface area (Å²) in [6, 6.07) is 15.7. The third-order valence-electron chi connectivity index (χ3n) is 4.67. The Kier molecular flexibility index (Phi) is 4.39. The van der Waals surface area contributed by atoms with Gasteiger partial charge in [0.15, 0.2) is 5.76 Å². The van der Waals surface area contributed by atoms with Crippen molar-refractivity contribution in [3.63, 3.8) is 0 Å². The van der Waals surface area contributed by atoms with Gasteiger partial charge in [0.1, 0.15) is 5.76 Å². The molecule has 0 saturated carbocycles. The van der Waals surface area contributed by atoms with Crippen LogP contribution in [-0.2, 0) is 13.0 Å². The van der Waals surface area contributed by atoms with Gasteiger partial charge in [-0.05, 0) is 41.8 Å². The number of furan rings is 2. The lowest BCUT2D eigenvalue weighted by Crippen LogP contribution is -2.40. The van der Waals surface area contributed by atoms with Crippen LogP contribution in [0.25, 0.3) is 0 Å². The Morgan fingerprint density at radius 2 is 1.84 bits per heavy atom. The summed E-state index contributed by atoms with van der Waals surface area (Å²) in [5, 5.41) is 2.96. The van der Waals surface area contributed by atoms with Crippen LogP contribution >= 0.6 is 0 Å². The van der Waals surface area contributed by atoms with Crippen LogP contribution in [0.5, 0.6) is 0 Å². The van der Waals surface area contributed by atoms with E-state index in [0.29, 0.717) is 12.3 Å². The summed E-state index contributed by atoms with van der Waals surface area (Å²) in [7, 11) is 0. The Hall–Kier alpha value is -2.79. The molecule has 1 aliphatic rings. The number of carbonyl (C=O) groups is 1. The molecule has 1 N–H and O–H groups in total. The molecule has 0 radical (unpaired) electrons. The van der Waals surface area contributed by atoms with E-state index in [4.69, 9.17) is 8.83 Å². The molecule has 4 rings (SSSR count). The van der Waals surface area contributed by atoms with Gasteiger partial charge in [0.2, 0.25) is 0 Å². The fraction of sp³-hybridized carbons (Fsp3) is 0.250. The second-order valence-corrected chi connectivity index (χ2v) is 6.21. The van der Waals surface area contributed by atoms with Crippen LogP contribution in [0.2, 0.25) is 0 Å². The van der Waals surface area contributed by atoms with E-state index in [0.717, 1.165) is 25.3 Å². The highest BCUT2D eigenvalue weighted by Crippen LogP contribution is 2.27. The molecular weight excluding hydrogens is 316 g/mol. The van der Waals surface area contributed by atoms with Crippen LogP contribution in [0.15, 0.2) is 69.9 Å². The van der Waals surface area contributed by atoms with Gasteiger partial charge in [-0.25, -0.2) is 0 Å². The SMILES string of the molecule is O=C(NC[C@@H](c1ccco1)N1CCc2ccccc2C1)c1ccco1. The molecule has 3 heterocycles. The number of hydrogen-bond acceptors (Lipinski definition) is 4. The molecule has 5 nitrogen and oxygen atoms in total. The van der Waals surface area contributed by atoms with Crippen molar-refractivity contribution in [3.05, 3.63) is 83.7 Å². The zero-order chi connectivity index (χ0) is 17.1. The molecule has 1 aliphatic heterocycles. The topological polar surface area (TPSA) is 58.6 Å². The number of hydrogen-bond donors (Lipinski definition) is 1. The average Bonchev–Trinajstić information content (AvgIpc) is 3.35. The van der Waals surface area contributed by atoms with Crippen LogP contribution in [0.3, 0.4) is 0 Å². The van der Waals surface area contributed by atoms with Gasteiger partial charge in [0.05, 0.1) is 18.6 Å². The summed E-state index contributed by atoms with van der Waals surface area (Å²) >= 11 is 0. The van der Waals surface area contributed by atoms with Crippen molar-refractivity contribution in [3.8, 4) is 0 Å². The Labute approximate surface area is 146 Å². The van der Waals surface area contributed by atoms with Gasteiger partial charge in [-0.2, -0.15) is 0 Å².